The Labute approximate surface area is 73.8 Å². The summed E-state index contributed by atoms with van der Waals surface area (Å²) in [5.41, 5.74) is 1.31. The number of likely N-dealkylation sites (tertiary alicyclic amines) is 1. The van der Waals surface area contributed by atoms with Gasteiger partial charge >= 0.3 is 0 Å². The van der Waals surface area contributed by atoms with Crippen molar-refractivity contribution in [2.45, 2.75) is 13.3 Å². The van der Waals surface area contributed by atoms with E-state index in [0.29, 0.717) is 0 Å². The molecule has 1 fully saturated rings. The van der Waals surface area contributed by atoms with Gasteiger partial charge in [0.2, 0.25) is 0 Å². The van der Waals surface area contributed by atoms with E-state index in [0.717, 1.165) is 11.7 Å². The summed E-state index contributed by atoms with van der Waals surface area (Å²) in [4.78, 5) is 2.42. The van der Waals surface area contributed by atoms with Crippen LogP contribution < -0.4 is 0 Å². The van der Waals surface area contributed by atoms with E-state index in [-0.39, 0.29) is 0 Å². The van der Waals surface area contributed by atoms with Gasteiger partial charge in [0.15, 0.2) is 0 Å². The maximum absolute atomic E-state index is 4.07. The molecule has 0 aromatic carbocycles. The molecular weight excluding hydrogens is 154 g/mol. The summed E-state index contributed by atoms with van der Waals surface area (Å²) in [6.07, 6.45) is 3.47. The summed E-state index contributed by atoms with van der Waals surface area (Å²) < 4.78 is 0. The molecule has 0 aliphatic carbocycles. The van der Waals surface area contributed by atoms with Crippen LogP contribution in [0.3, 0.4) is 0 Å². The highest BCUT2D eigenvalue weighted by Gasteiger charge is 2.18. The zero-order chi connectivity index (χ0) is 8.27. The van der Waals surface area contributed by atoms with Crippen LogP contribution in [-0.4, -0.2) is 30.0 Å². The Morgan fingerprint density at radius 1 is 1.73 bits per heavy atom. The monoisotopic (exact) mass is 171 g/mol. The lowest BCUT2D eigenvalue weighted by Gasteiger charge is -2.19. The van der Waals surface area contributed by atoms with Gasteiger partial charge in [-0.05, 0) is 18.6 Å². The van der Waals surface area contributed by atoms with Crippen LogP contribution in [-0.2, 0) is 0 Å². The summed E-state index contributed by atoms with van der Waals surface area (Å²) in [5.74, 6) is 1.96. The lowest BCUT2D eigenvalue weighted by molar-refractivity contribution is 0.415. The molecule has 0 saturated carbocycles. The third-order valence-corrected chi connectivity index (χ3v) is 2.80. The molecule has 1 unspecified atom stereocenters. The number of hydrogen-bond acceptors (Lipinski definition) is 2. The fourth-order valence-corrected chi connectivity index (χ4v) is 2.00. The lowest BCUT2D eigenvalue weighted by Crippen LogP contribution is -2.20. The zero-order valence-corrected chi connectivity index (χ0v) is 8.28. The molecule has 1 aliphatic rings. The molecule has 64 valence electrons. The van der Waals surface area contributed by atoms with E-state index in [4.69, 9.17) is 0 Å². The van der Waals surface area contributed by atoms with Crippen LogP contribution in [0.15, 0.2) is 12.3 Å². The number of hydrogen-bond donors (Lipinski definition) is 0. The van der Waals surface area contributed by atoms with Crippen LogP contribution in [0.2, 0.25) is 0 Å². The van der Waals surface area contributed by atoms with Gasteiger partial charge < -0.3 is 4.90 Å². The van der Waals surface area contributed by atoms with Gasteiger partial charge in [-0.1, -0.05) is 13.5 Å². The molecular formula is C9H17NS. The first-order chi connectivity index (χ1) is 5.24. The molecule has 0 bridgehead atoms. The van der Waals surface area contributed by atoms with Crippen molar-refractivity contribution in [3.05, 3.63) is 12.3 Å². The second-order valence-corrected chi connectivity index (χ2v) is 4.21. The smallest absolute Gasteiger partial charge is 0.0326 e. The van der Waals surface area contributed by atoms with Gasteiger partial charge in [0.1, 0.15) is 0 Å². The molecule has 2 heteroatoms. The second kappa shape index (κ2) is 4.05. The van der Waals surface area contributed by atoms with Crippen LogP contribution in [0.5, 0.6) is 0 Å². The van der Waals surface area contributed by atoms with E-state index in [1.54, 1.807) is 0 Å². The van der Waals surface area contributed by atoms with Crippen molar-refractivity contribution >= 4 is 11.8 Å². The second-order valence-electron chi connectivity index (χ2n) is 3.34. The molecule has 1 rings (SSSR count). The normalized spacial score (nSPS) is 24.2. The van der Waals surface area contributed by atoms with E-state index in [2.05, 4.69) is 24.7 Å². The fraction of sp³-hybridized carbons (Fsp3) is 0.778. The van der Waals surface area contributed by atoms with Crippen molar-refractivity contribution in [3.8, 4) is 0 Å². The topological polar surface area (TPSA) is 3.24 Å². The van der Waals surface area contributed by atoms with Crippen molar-refractivity contribution in [1.29, 1.82) is 0 Å². The maximum atomic E-state index is 4.07. The fourth-order valence-electron chi connectivity index (χ4n) is 1.48. The van der Waals surface area contributed by atoms with E-state index >= 15 is 0 Å². The van der Waals surface area contributed by atoms with Gasteiger partial charge in [-0.25, -0.2) is 0 Å². The summed E-state index contributed by atoms with van der Waals surface area (Å²) >= 11 is 1.86. The number of thioether (sulfide) groups is 1. The highest BCUT2D eigenvalue weighted by molar-refractivity contribution is 7.98. The Balaban J connectivity index is 2.31. The molecule has 0 radical (unpaired) electrons. The van der Waals surface area contributed by atoms with Crippen LogP contribution >= 0.6 is 11.8 Å². The largest absolute Gasteiger partial charge is 0.374 e. The minimum absolute atomic E-state index is 0.869. The average Bonchev–Trinajstić information content (AvgIpc) is 2.36. The van der Waals surface area contributed by atoms with Crippen LogP contribution in [0.4, 0.5) is 0 Å². The molecule has 1 saturated heterocycles. The Bertz CT molecular complexity index is 144. The third kappa shape index (κ3) is 2.44. The molecule has 0 amide bonds. The molecule has 0 aromatic rings. The first kappa shape index (κ1) is 8.98. The van der Waals surface area contributed by atoms with Crippen LogP contribution in [0.25, 0.3) is 0 Å². The van der Waals surface area contributed by atoms with Crippen molar-refractivity contribution in [1.82, 2.24) is 4.90 Å². The van der Waals surface area contributed by atoms with E-state index in [1.807, 2.05) is 11.8 Å². The number of nitrogens with zero attached hydrogens (tertiary/aromatic N) is 1. The summed E-state index contributed by atoms with van der Waals surface area (Å²) in [6.45, 7) is 8.82. The molecule has 0 N–H and O–H groups in total. The molecule has 1 nitrogen and oxygen atoms in total. The molecule has 1 heterocycles. The molecule has 1 atom stereocenters. The third-order valence-electron chi connectivity index (χ3n) is 2.18. The van der Waals surface area contributed by atoms with Gasteiger partial charge in [0, 0.05) is 24.5 Å². The highest BCUT2D eigenvalue weighted by Crippen LogP contribution is 2.20. The van der Waals surface area contributed by atoms with E-state index in [9.17, 15) is 0 Å². The van der Waals surface area contributed by atoms with Gasteiger partial charge in [-0.3, -0.25) is 0 Å². The van der Waals surface area contributed by atoms with Crippen molar-refractivity contribution in [2.24, 2.45) is 5.92 Å². The quantitative estimate of drug-likeness (QED) is 0.640. The molecule has 1 aliphatic heterocycles. The highest BCUT2D eigenvalue weighted by atomic mass is 32.2. The van der Waals surface area contributed by atoms with Crippen molar-refractivity contribution in [3.63, 3.8) is 0 Å². The van der Waals surface area contributed by atoms with E-state index in [1.165, 1.54) is 25.2 Å². The number of rotatable bonds is 3. The Hall–Kier alpha value is -0.110. The van der Waals surface area contributed by atoms with Crippen molar-refractivity contribution in [2.75, 3.05) is 25.1 Å². The zero-order valence-electron chi connectivity index (χ0n) is 7.47. The van der Waals surface area contributed by atoms with Crippen LogP contribution in [0, 0.1) is 5.92 Å². The standard InChI is InChI=1S/C9H17NS/c1-8-4-5-10(6-8)9(2)7-11-3/h8H,2,4-7H2,1,3H3. The summed E-state index contributed by atoms with van der Waals surface area (Å²) in [7, 11) is 0. The van der Waals surface area contributed by atoms with Crippen LogP contribution in [0.1, 0.15) is 13.3 Å². The van der Waals surface area contributed by atoms with Gasteiger partial charge in [-0.15, -0.1) is 0 Å². The Kier molecular flexibility index (Phi) is 3.31. The molecule has 0 aromatic heterocycles. The minimum Gasteiger partial charge on any atom is -0.374 e. The predicted octanol–water partition coefficient (Wildman–Crippen LogP) is 2.20. The molecule has 0 spiro atoms. The minimum atomic E-state index is 0.869. The van der Waals surface area contributed by atoms with Crippen molar-refractivity contribution < 1.29 is 0 Å². The lowest BCUT2D eigenvalue weighted by atomic mass is 10.2. The average molecular weight is 171 g/mol. The van der Waals surface area contributed by atoms with Gasteiger partial charge in [0.25, 0.3) is 0 Å². The molecule has 11 heavy (non-hydrogen) atoms. The van der Waals surface area contributed by atoms with E-state index < -0.39 is 0 Å². The predicted molar refractivity (Wildman–Crippen MR) is 52.9 cm³/mol. The van der Waals surface area contributed by atoms with Gasteiger partial charge in [-0.2, -0.15) is 11.8 Å². The Morgan fingerprint density at radius 3 is 2.91 bits per heavy atom. The van der Waals surface area contributed by atoms with Gasteiger partial charge in [0.05, 0.1) is 0 Å². The first-order valence-corrected chi connectivity index (χ1v) is 5.55. The SMILES string of the molecule is C=C(CSC)N1CCC(C)C1. The Morgan fingerprint density at radius 2 is 2.45 bits per heavy atom. The first-order valence-electron chi connectivity index (χ1n) is 4.15. The summed E-state index contributed by atoms with van der Waals surface area (Å²) in [6, 6.07) is 0. The maximum Gasteiger partial charge on any atom is 0.0326 e. The summed E-state index contributed by atoms with van der Waals surface area (Å²) in [5, 5.41) is 0.